The Bertz CT molecular complexity index is 591. The number of nitrogens with zero attached hydrogens (tertiary/aromatic N) is 2. The van der Waals surface area contributed by atoms with Crippen LogP contribution in [0.3, 0.4) is 0 Å². The maximum Gasteiger partial charge on any atom is 0.200 e. The van der Waals surface area contributed by atoms with Crippen LogP contribution in [0.4, 0.5) is 5.69 Å². The van der Waals surface area contributed by atoms with Crippen molar-refractivity contribution < 1.29 is 8.42 Å². The molecule has 0 amide bonds. The molecule has 1 aliphatic rings. The van der Waals surface area contributed by atoms with Gasteiger partial charge in [-0.25, -0.2) is 13.4 Å². The lowest BCUT2D eigenvalue weighted by Gasteiger charge is -2.29. The summed E-state index contributed by atoms with van der Waals surface area (Å²) in [5.74, 6) is 0.636. The number of piperidine rings is 1. The Morgan fingerprint density at radius 2 is 2.09 bits per heavy atom. The van der Waals surface area contributed by atoms with Gasteiger partial charge in [0.25, 0.3) is 0 Å². The average molecular weight is 325 g/mol. The molecule has 0 bridgehead atoms. The van der Waals surface area contributed by atoms with Gasteiger partial charge in [-0.05, 0) is 65.3 Å². The number of rotatable bonds is 4. The van der Waals surface area contributed by atoms with E-state index >= 15 is 0 Å². The van der Waals surface area contributed by atoms with Crippen molar-refractivity contribution in [1.29, 1.82) is 0 Å². The summed E-state index contributed by atoms with van der Waals surface area (Å²) in [7, 11) is -1.23. The van der Waals surface area contributed by atoms with Gasteiger partial charge in [0.05, 0.1) is 16.6 Å². The smallest absolute Gasteiger partial charge is 0.200 e. The van der Waals surface area contributed by atoms with E-state index in [1.54, 1.807) is 39.1 Å². The highest BCUT2D eigenvalue weighted by atomic mass is 32.2. The molecule has 1 unspecified atom stereocenters. The van der Waals surface area contributed by atoms with Crippen molar-refractivity contribution in [3.63, 3.8) is 0 Å². The standard InChI is InChI=1S/C16H27N3O2S/c1-16(2,3)22(20,21)15-8-7-14(11-18-15)17-10-13-6-5-9-19(4)12-13/h7-8,11,13,17H,5-6,9-10,12H2,1-4H3. The van der Waals surface area contributed by atoms with Gasteiger partial charge in [-0.2, -0.15) is 0 Å². The Labute approximate surface area is 134 Å². The van der Waals surface area contributed by atoms with Crippen molar-refractivity contribution in [2.45, 2.75) is 43.4 Å². The van der Waals surface area contributed by atoms with E-state index in [1.165, 1.54) is 19.4 Å². The first kappa shape index (κ1) is 17.2. The first-order valence-electron chi connectivity index (χ1n) is 7.83. The normalized spacial score (nSPS) is 20.8. The van der Waals surface area contributed by atoms with E-state index in [4.69, 9.17) is 0 Å². The molecule has 2 heterocycles. The van der Waals surface area contributed by atoms with Gasteiger partial charge in [-0.3, -0.25) is 0 Å². The summed E-state index contributed by atoms with van der Waals surface area (Å²) in [4.78, 5) is 6.49. The largest absolute Gasteiger partial charge is 0.383 e. The molecule has 1 saturated heterocycles. The summed E-state index contributed by atoms with van der Waals surface area (Å²) in [6.45, 7) is 8.26. The topological polar surface area (TPSA) is 62.3 Å². The highest BCUT2D eigenvalue weighted by Gasteiger charge is 2.31. The van der Waals surface area contributed by atoms with Gasteiger partial charge < -0.3 is 10.2 Å². The summed E-state index contributed by atoms with van der Waals surface area (Å²) in [6, 6.07) is 3.40. The molecule has 22 heavy (non-hydrogen) atoms. The number of likely N-dealkylation sites (tertiary alicyclic amines) is 1. The minimum Gasteiger partial charge on any atom is -0.383 e. The van der Waals surface area contributed by atoms with Gasteiger partial charge in [0.2, 0.25) is 0 Å². The van der Waals surface area contributed by atoms with Crippen molar-refractivity contribution in [2.75, 3.05) is 32.0 Å². The van der Waals surface area contributed by atoms with Crippen molar-refractivity contribution >= 4 is 15.5 Å². The molecule has 1 N–H and O–H groups in total. The van der Waals surface area contributed by atoms with Gasteiger partial charge in [0.15, 0.2) is 14.9 Å². The van der Waals surface area contributed by atoms with Gasteiger partial charge >= 0.3 is 0 Å². The molecule has 1 fully saturated rings. The minimum absolute atomic E-state index is 0.142. The highest BCUT2D eigenvalue weighted by Crippen LogP contribution is 2.24. The molecule has 6 heteroatoms. The fourth-order valence-electron chi connectivity index (χ4n) is 2.66. The van der Waals surface area contributed by atoms with E-state index in [1.807, 2.05) is 0 Å². The molecule has 5 nitrogen and oxygen atoms in total. The van der Waals surface area contributed by atoms with Crippen LogP contribution >= 0.6 is 0 Å². The first-order valence-corrected chi connectivity index (χ1v) is 9.31. The molecule has 0 saturated carbocycles. The first-order chi connectivity index (χ1) is 10.2. The number of sulfone groups is 1. The Morgan fingerprint density at radius 1 is 1.36 bits per heavy atom. The molecule has 124 valence electrons. The highest BCUT2D eigenvalue weighted by molar-refractivity contribution is 7.92. The third-order valence-corrected chi connectivity index (χ3v) is 6.54. The number of pyridine rings is 1. The van der Waals surface area contributed by atoms with Crippen LogP contribution in [-0.2, 0) is 9.84 Å². The number of nitrogens with one attached hydrogen (secondary N) is 1. The molecular weight excluding hydrogens is 298 g/mol. The van der Waals surface area contributed by atoms with Crippen LogP contribution in [0.25, 0.3) is 0 Å². The second-order valence-corrected chi connectivity index (χ2v) is 9.80. The fourth-order valence-corrected chi connectivity index (χ4v) is 3.73. The monoisotopic (exact) mass is 325 g/mol. The second kappa shape index (κ2) is 6.54. The predicted molar refractivity (Wildman–Crippen MR) is 89.9 cm³/mol. The maximum absolute atomic E-state index is 12.3. The van der Waals surface area contributed by atoms with Crippen LogP contribution < -0.4 is 5.32 Å². The van der Waals surface area contributed by atoms with E-state index < -0.39 is 14.6 Å². The molecule has 1 aliphatic heterocycles. The molecule has 0 aliphatic carbocycles. The van der Waals surface area contributed by atoms with Gasteiger partial charge in [0.1, 0.15) is 0 Å². The predicted octanol–water partition coefficient (Wildman–Crippen LogP) is 2.41. The third kappa shape index (κ3) is 3.98. The van der Waals surface area contributed by atoms with Crippen LogP contribution in [0.5, 0.6) is 0 Å². The van der Waals surface area contributed by atoms with Crippen molar-refractivity contribution in [2.24, 2.45) is 5.92 Å². The van der Waals surface area contributed by atoms with E-state index in [-0.39, 0.29) is 5.03 Å². The summed E-state index contributed by atoms with van der Waals surface area (Å²) >= 11 is 0. The molecule has 0 spiro atoms. The van der Waals surface area contributed by atoms with Crippen molar-refractivity contribution in [1.82, 2.24) is 9.88 Å². The van der Waals surface area contributed by atoms with E-state index in [0.29, 0.717) is 5.92 Å². The molecular formula is C16H27N3O2S. The number of hydrogen-bond donors (Lipinski definition) is 1. The number of aromatic nitrogens is 1. The summed E-state index contributed by atoms with van der Waals surface area (Å²) in [5, 5.41) is 3.51. The summed E-state index contributed by atoms with van der Waals surface area (Å²) < 4.78 is 23.8. The zero-order chi connectivity index (χ0) is 16.4. The molecule has 0 aromatic carbocycles. The molecule has 1 atom stereocenters. The average Bonchev–Trinajstić information content (AvgIpc) is 2.44. The van der Waals surface area contributed by atoms with Gasteiger partial charge in [0, 0.05) is 13.1 Å². The summed E-state index contributed by atoms with van der Waals surface area (Å²) in [5.41, 5.74) is 0.876. The number of hydrogen-bond acceptors (Lipinski definition) is 5. The Hall–Kier alpha value is -1.14. The van der Waals surface area contributed by atoms with E-state index in [2.05, 4.69) is 22.2 Å². The van der Waals surface area contributed by atoms with Crippen LogP contribution in [0.15, 0.2) is 23.4 Å². The Balaban J connectivity index is 1.98. The van der Waals surface area contributed by atoms with Crippen LogP contribution in [0.1, 0.15) is 33.6 Å². The SMILES string of the molecule is CN1CCCC(CNc2ccc(S(=O)(=O)C(C)(C)C)nc2)C1. The zero-order valence-corrected chi connectivity index (χ0v) is 14.8. The third-order valence-electron chi connectivity index (χ3n) is 4.13. The Kier molecular flexibility index (Phi) is 5.12. The lowest BCUT2D eigenvalue weighted by molar-refractivity contribution is 0.217. The minimum atomic E-state index is -3.38. The van der Waals surface area contributed by atoms with Crippen molar-refractivity contribution in [3.05, 3.63) is 18.3 Å². The van der Waals surface area contributed by atoms with Crippen LogP contribution in [-0.4, -0.2) is 49.7 Å². The van der Waals surface area contributed by atoms with Gasteiger partial charge in [-0.15, -0.1) is 0 Å². The molecule has 0 radical (unpaired) electrons. The zero-order valence-electron chi connectivity index (χ0n) is 14.0. The van der Waals surface area contributed by atoms with Crippen molar-refractivity contribution in [3.8, 4) is 0 Å². The molecule has 1 aromatic heterocycles. The molecule has 2 rings (SSSR count). The quantitative estimate of drug-likeness (QED) is 0.921. The lowest BCUT2D eigenvalue weighted by Crippen LogP contribution is -2.35. The summed E-state index contributed by atoms with van der Waals surface area (Å²) in [6.07, 6.45) is 4.09. The number of anilines is 1. The Morgan fingerprint density at radius 3 is 2.64 bits per heavy atom. The molecule has 1 aromatic rings. The maximum atomic E-state index is 12.3. The van der Waals surface area contributed by atoms with E-state index in [9.17, 15) is 8.42 Å². The van der Waals surface area contributed by atoms with Crippen LogP contribution in [0, 0.1) is 5.92 Å². The van der Waals surface area contributed by atoms with Crippen LogP contribution in [0.2, 0.25) is 0 Å². The van der Waals surface area contributed by atoms with E-state index in [0.717, 1.165) is 18.8 Å². The fraction of sp³-hybridized carbons (Fsp3) is 0.688. The second-order valence-electron chi connectivity index (χ2n) is 7.15. The lowest BCUT2D eigenvalue weighted by atomic mass is 9.98. The van der Waals surface area contributed by atoms with Gasteiger partial charge in [-0.1, -0.05) is 0 Å².